The second-order valence-corrected chi connectivity index (χ2v) is 8.90. The lowest BCUT2D eigenvalue weighted by molar-refractivity contribution is -0.132. The zero-order chi connectivity index (χ0) is 17.1. The van der Waals surface area contributed by atoms with Crippen LogP contribution in [0.3, 0.4) is 0 Å². The van der Waals surface area contributed by atoms with Crippen molar-refractivity contribution in [1.29, 1.82) is 0 Å². The molecule has 4 aliphatic carbocycles. The van der Waals surface area contributed by atoms with E-state index in [1.165, 1.54) is 5.57 Å². The number of carbonyl (C=O) groups excluding carboxylic acids is 2. The van der Waals surface area contributed by atoms with Crippen molar-refractivity contribution < 1.29 is 14.7 Å². The molecule has 1 N–H and O–H groups in total. The lowest BCUT2D eigenvalue weighted by atomic mass is 9.47. The van der Waals surface area contributed by atoms with E-state index in [9.17, 15) is 14.7 Å². The van der Waals surface area contributed by atoms with Crippen LogP contribution in [0.4, 0.5) is 0 Å². The maximum atomic E-state index is 12.3. The van der Waals surface area contributed by atoms with Crippen molar-refractivity contribution in [2.45, 2.75) is 52.4 Å². The number of fused-ring (bicyclic) bond motifs is 5. The first-order valence-electron chi connectivity index (χ1n) is 9.48. The zero-order valence-corrected chi connectivity index (χ0v) is 14.8. The van der Waals surface area contributed by atoms with Crippen LogP contribution in [-0.4, -0.2) is 23.3 Å². The van der Waals surface area contributed by atoms with Crippen LogP contribution in [0.2, 0.25) is 0 Å². The van der Waals surface area contributed by atoms with Crippen LogP contribution in [0.5, 0.6) is 0 Å². The van der Waals surface area contributed by atoms with Crippen LogP contribution in [0.25, 0.3) is 0 Å². The molecule has 0 radical (unpaired) electrons. The number of hydrogen-bond donors (Lipinski definition) is 1. The van der Waals surface area contributed by atoms with Gasteiger partial charge in [0.05, 0.1) is 0 Å². The minimum Gasteiger partial charge on any atom is -0.389 e. The summed E-state index contributed by atoms with van der Waals surface area (Å²) < 4.78 is 0. The monoisotopic (exact) mass is 328 g/mol. The van der Waals surface area contributed by atoms with Crippen LogP contribution in [0.1, 0.15) is 52.4 Å². The van der Waals surface area contributed by atoms with Crippen molar-refractivity contribution in [3.05, 3.63) is 23.8 Å². The van der Waals surface area contributed by atoms with Gasteiger partial charge in [-0.05, 0) is 73.8 Å². The van der Waals surface area contributed by atoms with Crippen molar-refractivity contribution in [3.63, 3.8) is 0 Å². The van der Waals surface area contributed by atoms with E-state index in [2.05, 4.69) is 19.9 Å². The van der Waals surface area contributed by atoms with E-state index < -0.39 is 0 Å². The third-order valence-corrected chi connectivity index (χ3v) is 8.10. The molecule has 0 bridgehead atoms. The third kappa shape index (κ3) is 2.06. The highest BCUT2D eigenvalue weighted by Crippen LogP contribution is 2.65. The largest absolute Gasteiger partial charge is 0.389 e. The summed E-state index contributed by atoms with van der Waals surface area (Å²) in [6.45, 7) is 4.30. The van der Waals surface area contributed by atoms with Gasteiger partial charge in [-0.25, -0.2) is 0 Å². The molecular formula is C21H28O3. The summed E-state index contributed by atoms with van der Waals surface area (Å²) in [6, 6.07) is 0. The fraction of sp³-hybridized carbons (Fsp3) is 0.714. The number of rotatable bonds is 2. The van der Waals surface area contributed by atoms with Crippen LogP contribution in [0, 0.1) is 34.5 Å². The van der Waals surface area contributed by atoms with Gasteiger partial charge in [0.25, 0.3) is 0 Å². The fourth-order valence-corrected chi connectivity index (χ4v) is 6.84. The van der Waals surface area contributed by atoms with Gasteiger partial charge >= 0.3 is 0 Å². The highest BCUT2D eigenvalue weighted by atomic mass is 16.3. The lowest BCUT2D eigenvalue weighted by Crippen LogP contribution is -2.50. The minimum atomic E-state index is -0.309. The molecule has 24 heavy (non-hydrogen) atoms. The summed E-state index contributed by atoms with van der Waals surface area (Å²) in [5.41, 5.74) is 1.41. The van der Waals surface area contributed by atoms with Gasteiger partial charge in [0, 0.05) is 11.3 Å². The fourth-order valence-electron chi connectivity index (χ4n) is 6.84. The molecule has 4 aliphatic rings. The Morgan fingerprint density at radius 2 is 2.00 bits per heavy atom. The molecule has 6 atom stereocenters. The summed E-state index contributed by atoms with van der Waals surface area (Å²) in [7, 11) is 0. The van der Waals surface area contributed by atoms with Gasteiger partial charge < -0.3 is 5.11 Å². The van der Waals surface area contributed by atoms with Gasteiger partial charge in [0.1, 0.15) is 6.61 Å². The Labute approximate surface area is 144 Å². The molecular weight excluding hydrogens is 300 g/mol. The Hall–Kier alpha value is -1.22. The molecule has 0 aromatic rings. The number of allylic oxidation sites excluding steroid dienone is 4. The van der Waals surface area contributed by atoms with Crippen LogP contribution in [-0.2, 0) is 9.59 Å². The van der Waals surface area contributed by atoms with Crippen LogP contribution < -0.4 is 0 Å². The van der Waals surface area contributed by atoms with Crippen molar-refractivity contribution in [3.8, 4) is 0 Å². The van der Waals surface area contributed by atoms with E-state index in [-0.39, 0.29) is 34.9 Å². The van der Waals surface area contributed by atoms with E-state index in [1.807, 2.05) is 6.08 Å². The van der Waals surface area contributed by atoms with E-state index in [4.69, 9.17) is 0 Å². The number of ketones is 2. The number of carbonyl (C=O) groups is 2. The van der Waals surface area contributed by atoms with Crippen LogP contribution in [0.15, 0.2) is 23.8 Å². The number of aliphatic hydroxyl groups is 1. The summed E-state index contributed by atoms with van der Waals surface area (Å²) in [5, 5.41) is 9.35. The summed E-state index contributed by atoms with van der Waals surface area (Å²) >= 11 is 0. The Morgan fingerprint density at radius 1 is 1.21 bits per heavy atom. The average molecular weight is 328 g/mol. The number of hydrogen-bond acceptors (Lipinski definition) is 3. The number of aliphatic hydroxyl groups excluding tert-OH is 1. The number of Topliss-reactive ketones (excluding diaryl/α,β-unsaturated/α-hetero) is 1. The van der Waals surface area contributed by atoms with E-state index in [0.29, 0.717) is 17.8 Å². The Bertz CT molecular complexity index is 645. The molecule has 0 spiro atoms. The molecule has 4 rings (SSSR count). The Morgan fingerprint density at radius 3 is 2.75 bits per heavy atom. The van der Waals surface area contributed by atoms with Crippen molar-refractivity contribution in [2.24, 2.45) is 34.5 Å². The highest BCUT2D eigenvalue weighted by Gasteiger charge is 2.59. The Balaban J connectivity index is 1.66. The predicted octanol–water partition coefficient (Wildman–Crippen LogP) is 3.47. The minimum absolute atomic E-state index is 0.0250. The molecule has 0 saturated heterocycles. The molecule has 0 unspecified atom stereocenters. The smallest absolute Gasteiger partial charge is 0.178 e. The molecule has 0 aromatic carbocycles. The van der Waals surface area contributed by atoms with E-state index >= 15 is 0 Å². The first kappa shape index (κ1) is 16.3. The lowest BCUT2D eigenvalue weighted by Gasteiger charge is -2.56. The molecule has 3 heteroatoms. The first-order chi connectivity index (χ1) is 11.4. The summed E-state index contributed by atoms with van der Waals surface area (Å²) in [6.07, 6.45) is 12.2. The topological polar surface area (TPSA) is 54.4 Å². The molecule has 0 amide bonds. The van der Waals surface area contributed by atoms with Crippen LogP contribution >= 0.6 is 0 Å². The molecule has 3 saturated carbocycles. The van der Waals surface area contributed by atoms with Gasteiger partial charge in [-0.15, -0.1) is 0 Å². The molecule has 0 aromatic heterocycles. The average Bonchev–Trinajstić information content (AvgIpc) is 2.92. The molecule has 130 valence electrons. The molecule has 3 nitrogen and oxygen atoms in total. The van der Waals surface area contributed by atoms with Gasteiger partial charge in [-0.3, -0.25) is 9.59 Å². The van der Waals surface area contributed by atoms with Gasteiger partial charge in [0.15, 0.2) is 11.6 Å². The van der Waals surface area contributed by atoms with Crippen molar-refractivity contribution in [2.75, 3.05) is 6.61 Å². The first-order valence-corrected chi connectivity index (χ1v) is 9.48. The second-order valence-electron chi connectivity index (χ2n) is 8.90. The maximum absolute atomic E-state index is 12.3. The van der Waals surface area contributed by atoms with Crippen molar-refractivity contribution >= 4 is 11.6 Å². The predicted molar refractivity (Wildman–Crippen MR) is 92.2 cm³/mol. The summed E-state index contributed by atoms with van der Waals surface area (Å²) in [5.74, 6) is 2.03. The zero-order valence-electron chi connectivity index (χ0n) is 14.8. The highest BCUT2D eigenvalue weighted by molar-refractivity contribution is 6.01. The SMILES string of the molecule is C[C@]12CC[C@@H]3[C@H](CCC4=CC(=O)C=C[C@@]43C)[C@H]1CC[C@H]2C(=O)CO. The van der Waals surface area contributed by atoms with Gasteiger partial charge in [-0.2, -0.15) is 0 Å². The normalized spacial score (nSPS) is 46.8. The van der Waals surface area contributed by atoms with E-state index in [1.54, 1.807) is 6.08 Å². The van der Waals surface area contributed by atoms with E-state index in [0.717, 1.165) is 38.5 Å². The second kappa shape index (κ2) is 5.39. The molecule has 0 aliphatic heterocycles. The quantitative estimate of drug-likeness (QED) is 0.844. The molecule has 0 heterocycles. The summed E-state index contributed by atoms with van der Waals surface area (Å²) in [4.78, 5) is 24.0. The maximum Gasteiger partial charge on any atom is 0.178 e. The Kier molecular flexibility index (Phi) is 3.65. The third-order valence-electron chi connectivity index (χ3n) is 8.10. The van der Waals surface area contributed by atoms with Gasteiger partial charge in [-0.1, -0.05) is 25.5 Å². The van der Waals surface area contributed by atoms with Crippen molar-refractivity contribution in [1.82, 2.24) is 0 Å². The van der Waals surface area contributed by atoms with Gasteiger partial charge in [0.2, 0.25) is 0 Å². The molecule has 3 fully saturated rings. The standard InChI is InChI=1S/C21H28O3/c1-20-9-7-14(23)11-13(20)3-4-15-16-5-6-18(19(24)12-22)21(16,2)10-8-17(15)20/h7,9,11,15-18,22H,3-6,8,10,12H2,1-2H3/t15-,16-,17-,18+,20+,21+/m1/s1.